The maximum absolute atomic E-state index is 14.6. The van der Waals surface area contributed by atoms with Crippen molar-refractivity contribution in [2.24, 2.45) is 0 Å². The Morgan fingerprint density at radius 2 is 0.848 bits per heavy atom. The predicted molar refractivity (Wildman–Crippen MR) is 261 cm³/mol. The molecule has 8 aromatic rings. The van der Waals surface area contributed by atoms with E-state index in [4.69, 9.17) is 38.9 Å². The number of pyridine rings is 2. The van der Waals surface area contributed by atoms with Crippen LogP contribution in [0.5, 0.6) is 11.5 Å². The quantitative estimate of drug-likeness (QED) is 0.152. The van der Waals surface area contributed by atoms with E-state index in [1.54, 1.807) is 55.8 Å². The summed E-state index contributed by atoms with van der Waals surface area (Å²) in [6.45, 7) is 23.0. The Balaban J connectivity index is 1.35. The maximum Gasteiger partial charge on any atom is 0.420 e. The summed E-state index contributed by atoms with van der Waals surface area (Å²) in [5, 5.41) is 0. The second kappa shape index (κ2) is 16.9. The first-order valence-electron chi connectivity index (χ1n) is 21.9. The Morgan fingerprint density at radius 1 is 0.500 bits per heavy atom. The Kier molecular flexibility index (Phi) is 11.6. The molecule has 0 radical (unpaired) electrons. The van der Waals surface area contributed by atoms with E-state index in [9.17, 15) is 9.59 Å². The normalized spacial score (nSPS) is 11.9. The van der Waals surface area contributed by atoms with Gasteiger partial charge in [-0.25, -0.2) is 28.7 Å². The van der Waals surface area contributed by atoms with Gasteiger partial charge in [-0.3, -0.25) is 9.97 Å². The Morgan fingerprint density at radius 3 is 1.14 bits per heavy atom. The molecule has 4 heterocycles. The highest BCUT2D eigenvalue weighted by atomic mass is 16.6. The molecule has 0 bridgehead atoms. The van der Waals surface area contributed by atoms with E-state index in [1.165, 1.54) is 9.13 Å². The number of aryl methyl sites for hydroxylation is 6. The van der Waals surface area contributed by atoms with E-state index >= 15 is 0 Å². The van der Waals surface area contributed by atoms with Crippen LogP contribution in [0, 0.1) is 41.5 Å². The summed E-state index contributed by atoms with van der Waals surface area (Å²) in [5.41, 5.74) is 12.8. The minimum absolute atomic E-state index is 0.0895. The number of rotatable bonds is 7. The molecule has 0 spiro atoms. The first kappa shape index (κ1) is 45.2. The van der Waals surface area contributed by atoms with Crippen molar-refractivity contribution in [3.8, 4) is 67.9 Å². The average molecular weight is 885 g/mol. The number of fused-ring (bicyclic) bond motifs is 2. The third-order valence-corrected chi connectivity index (χ3v) is 11.3. The smallest absolute Gasteiger partial charge is 0.420 e. The van der Waals surface area contributed by atoms with E-state index in [0.717, 1.165) is 67.1 Å². The SMILES string of the molecule is COc1cc(C)c(-c2ccc(-c3cc(C)cc4c3nc(-c3nc5c(-c6ccc(-c7c(C)cc(OC)cc7C)cn6)cc(C)cc5n3C(=O)OC(C)(C)C)n4C(=O)OC(C)(C)C)nc2)c(C)c1. The maximum atomic E-state index is 14.6. The zero-order chi connectivity index (χ0) is 47.6. The summed E-state index contributed by atoms with van der Waals surface area (Å²) in [6.07, 6.45) is 2.32. The van der Waals surface area contributed by atoms with Gasteiger partial charge in [-0.1, -0.05) is 12.1 Å². The van der Waals surface area contributed by atoms with E-state index < -0.39 is 23.4 Å². The number of ether oxygens (including phenoxy) is 4. The third-order valence-electron chi connectivity index (χ3n) is 11.3. The molecule has 0 saturated heterocycles. The molecule has 0 unspecified atom stereocenters. The van der Waals surface area contributed by atoms with Crippen LogP contribution in [0.25, 0.3) is 78.5 Å². The van der Waals surface area contributed by atoms with E-state index in [1.807, 2.05) is 99.0 Å². The van der Waals surface area contributed by atoms with Gasteiger partial charge in [0.1, 0.15) is 22.7 Å². The fourth-order valence-corrected chi connectivity index (χ4v) is 8.71. The van der Waals surface area contributed by atoms with Crippen molar-refractivity contribution in [3.05, 3.63) is 119 Å². The molecule has 4 aromatic carbocycles. The van der Waals surface area contributed by atoms with E-state index in [-0.39, 0.29) is 11.6 Å². The van der Waals surface area contributed by atoms with Gasteiger partial charge in [-0.05, 0) is 188 Å². The lowest BCUT2D eigenvalue weighted by molar-refractivity contribution is 0.0526. The molecular formula is C54H56N6O6. The van der Waals surface area contributed by atoms with Crippen molar-refractivity contribution in [3.63, 3.8) is 0 Å². The van der Waals surface area contributed by atoms with Crippen molar-refractivity contribution in [2.45, 2.75) is 94.3 Å². The lowest BCUT2D eigenvalue weighted by atomic mass is 9.96. The van der Waals surface area contributed by atoms with E-state index in [2.05, 4.69) is 27.7 Å². The minimum Gasteiger partial charge on any atom is -0.497 e. The molecule has 0 aliphatic carbocycles. The predicted octanol–water partition coefficient (Wildman–Crippen LogP) is 12.9. The first-order chi connectivity index (χ1) is 31.1. The number of methoxy groups -OCH3 is 2. The minimum atomic E-state index is -0.872. The Bertz CT molecular complexity index is 2960. The molecule has 12 nitrogen and oxygen atoms in total. The molecule has 0 saturated carbocycles. The summed E-state index contributed by atoms with van der Waals surface area (Å²) in [4.78, 5) is 49.6. The molecule has 12 heteroatoms. The number of nitrogens with zero attached hydrogens (tertiary/aromatic N) is 6. The van der Waals surface area contributed by atoms with Crippen LogP contribution in [0.3, 0.4) is 0 Å². The molecule has 66 heavy (non-hydrogen) atoms. The molecule has 0 fully saturated rings. The zero-order valence-corrected chi connectivity index (χ0v) is 40.2. The fourth-order valence-electron chi connectivity index (χ4n) is 8.71. The summed E-state index contributed by atoms with van der Waals surface area (Å²) in [6, 6.07) is 23.8. The lowest BCUT2D eigenvalue weighted by Gasteiger charge is -2.21. The molecule has 0 amide bonds. The van der Waals surface area contributed by atoms with Crippen LogP contribution in [0.2, 0.25) is 0 Å². The van der Waals surface area contributed by atoms with Crippen LogP contribution >= 0.6 is 0 Å². The molecule has 0 atom stereocenters. The van der Waals surface area contributed by atoms with Gasteiger partial charge < -0.3 is 18.9 Å². The fraction of sp³-hybridized carbons (Fsp3) is 0.296. The van der Waals surface area contributed by atoms with Gasteiger partial charge >= 0.3 is 12.2 Å². The summed E-state index contributed by atoms with van der Waals surface area (Å²) >= 11 is 0. The number of hydrogen-bond donors (Lipinski definition) is 0. The van der Waals surface area contributed by atoms with E-state index in [0.29, 0.717) is 44.6 Å². The van der Waals surface area contributed by atoms with Gasteiger partial charge in [-0.15, -0.1) is 0 Å². The summed E-state index contributed by atoms with van der Waals surface area (Å²) in [5.74, 6) is 1.77. The largest absolute Gasteiger partial charge is 0.497 e. The van der Waals surface area contributed by atoms with Gasteiger partial charge in [0.25, 0.3) is 0 Å². The van der Waals surface area contributed by atoms with Crippen molar-refractivity contribution >= 4 is 34.3 Å². The van der Waals surface area contributed by atoms with Gasteiger partial charge in [-0.2, -0.15) is 0 Å². The molecule has 0 aliphatic rings. The molecule has 4 aromatic heterocycles. The van der Waals surface area contributed by atoms with Crippen LogP contribution in [0.4, 0.5) is 9.59 Å². The molecule has 338 valence electrons. The lowest BCUT2D eigenvalue weighted by Crippen LogP contribution is -2.29. The van der Waals surface area contributed by atoms with Crippen molar-refractivity contribution in [2.75, 3.05) is 14.2 Å². The number of hydrogen-bond acceptors (Lipinski definition) is 10. The second-order valence-electron chi connectivity index (χ2n) is 19.0. The number of carbonyl (C=O) groups is 2. The summed E-state index contributed by atoms with van der Waals surface area (Å²) < 4.78 is 26.0. The highest BCUT2D eigenvalue weighted by Gasteiger charge is 2.33. The monoisotopic (exact) mass is 884 g/mol. The third kappa shape index (κ3) is 8.62. The van der Waals surface area contributed by atoms with Crippen LogP contribution in [0.1, 0.15) is 74.9 Å². The van der Waals surface area contributed by atoms with Crippen LogP contribution in [-0.2, 0) is 9.47 Å². The van der Waals surface area contributed by atoms with Crippen molar-refractivity contribution in [1.29, 1.82) is 0 Å². The van der Waals surface area contributed by atoms with Crippen molar-refractivity contribution < 1.29 is 28.5 Å². The number of benzene rings is 4. The zero-order valence-electron chi connectivity index (χ0n) is 40.2. The Labute approximate surface area is 385 Å². The topological polar surface area (TPSA) is 132 Å². The van der Waals surface area contributed by atoms with Crippen LogP contribution in [0.15, 0.2) is 85.2 Å². The average Bonchev–Trinajstić information content (AvgIpc) is 3.81. The number of aromatic nitrogens is 6. The number of imidazole rings is 2. The molecule has 0 N–H and O–H groups in total. The van der Waals surface area contributed by atoms with Gasteiger partial charge in [0, 0.05) is 34.6 Å². The molecule has 8 rings (SSSR count). The number of carbonyl (C=O) groups excluding carboxylic acids is 2. The first-order valence-corrected chi connectivity index (χ1v) is 21.9. The van der Waals surface area contributed by atoms with Crippen LogP contribution < -0.4 is 9.47 Å². The van der Waals surface area contributed by atoms with Crippen LogP contribution in [-0.4, -0.2) is 66.7 Å². The van der Waals surface area contributed by atoms with Gasteiger partial charge in [0.05, 0.1) is 47.7 Å². The highest BCUT2D eigenvalue weighted by Crippen LogP contribution is 2.39. The molecule has 0 aliphatic heterocycles. The second-order valence-corrected chi connectivity index (χ2v) is 19.0. The Hall–Kier alpha value is -7.34. The highest BCUT2D eigenvalue weighted by molar-refractivity contribution is 6.03. The van der Waals surface area contributed by atoms with Gasteiger partial charge in [0.2, 0.25) is 0 Å². The molecular weight excluding hydrogens is 829 g/mol. The van der Waals surface area contributed by atoms with Gasteiger partial charge in [0.15, 0.2) is 11.6 Å². The van der Waals surface area contributed by atoms with Crippen molar-refractivity contribution in [1.82, 2.24) is 29.1 Å². The standard InChI is InChI=1S/C54H56N6O6/c1-29-19-39(41-17-15-35(27-55-41)45-31(3)23-37(63-13)24-32(45)4)47-43(21-29)59(51(61)65-53(7,8)9)49(57-47)50-58-48-40(20-30(2)22-44(48)60(50)52(62)66-54(10,11)12)42-18-16-36(28-56-42)46-33(5)25-38(64-14)26-34(46)6/h15-28H,1-14H3. The summed E-state index contributed by atoms with van der Waals surface area (Å²) in [7, 11) is 3.33.